The van der Waals surface area contributed by atoms with Gasteiger partial charge in [0.2, 0.25) is 0 Å². The molecule has 0 bridgehead atoms. The van der Waals surface area contributed by atoms with E-state index in [4.69, 9.17) is 5.73 Å². The van der Waals surface area contributed by atoms with Crippen LogP contribution in [0.25, 0.3) is 0 Å². The SMILES string of the molecule is Cn1cc(S(=O)(=O)Nc2cccc(C#Cc3cccs3)c2)cc1C(N)=O. The summed E-state index contributed by atoms with van der Waals surface area (Å²) >= 11 is 1.53. The maximum Gasteiger partial charge on any atom is 0.265 e. The lowest BCUT2D eigenvalue weighted by Crippen LogP contribution is -2.14. The van der Waals surface area contributed by atoms with Crippen molar-refractivity contribution < 1.29 is 13.2 Å². The second-order valence-electron chi connectivity index (χ2n) is 5.45. The van der Waals surface area contributed by atoms with Gasteiger partial charge in [0, 0.05) is 18.8 Å². The number of amides is 1. The maximum absolute atomic E-state index is 12.5. The fourth-order valence-electron chi connectivity index (χ4n) is 2.28. The topological polar surface area (TPSA) is 94.2 Å². The summed E-state index contributed by atoms with van der Waals surface area (Å²) < 4.78 is 28.9. The van der Waals surface area contributed by atoms with Crippen LogP contribution in [0.2, 0.25) is 0 Å². The molecular weight excluding hydrogens is 370 g/mol. The van der Waals surface area contributed by atoms with Crippen molar-refractivity contribution in [2.24, 2.45) is 12.8 Å². The van der Waals surface area contributed by atoms with Crippen molar-refractivity contribution in [3.8, 4) is 11.8 Å². The van der Waals surface area contributed by atoms with Crippen LogP contribution < -0.4 is 10.5 Å². The molecule has 0 atom stereocenters. The van der Waals surface area contributed by atoms with Crippen LogP contribution >= 0.6 is 11.3 Å². The lowest BCUT2D eigenvalue weighted by Gasteiger charge is -2.06. The average Bonchev–Trinajstić information content (AvgIpc) is 3.22. The summed E-state index contributed by atoms with van der Waals surface area (Å²) in [6.45, 7) is 0. The predicted octanol–water partition coefficient (Wildman–Crippen LogP) is 2.39. The Hall–Kier alpha value is -3.02. The van der Waals surface area contributed by atoms with Gasteiger partial charge in [-0.2, -0.15) is 0 Å². The Morgan fingerprint density at radius 1 is 1.19 bits per heavy atom. The van der Waals surface area contributed by atoms with Gasteiger partial charge in [0.05, 0.1) is 10.6 Å². The third kappa shape index (κ3) is 3.96. The van der Waals surface area contributed by atoms with Gasteiger partial charge in [0.25, 0.3) is 15.9 Å². The number of anilines is 1. The predicted molar refractivity (Wildman–Crippen MR) is 101 cm³/mol. The van der Waals surface area contributed by atoms with Crippen LogP contribution in [0.1, 0.15) is 20.9 Å². The van der Waals surface area contributed by atoms with Crippen molar-refractivity contribution in [3.05, 3.63) is 70.2 Å². The van der Waals surface area contributed by atoms with Gasteiger partial charge in [-0.25, -0.2) is 8.42 Å². The molecule has 3 aromatic rings. The van der Waals surface area contributed by atoms with E-state index in [1.54, 1.807) is 31.3 Å². The van der Waals surface area contributed by atoms with Crippen LogP contribution in [0, 0.1) is 11.8 Å². The molecular formula is C18H15N3O3S2. The standard InChI is InChI=1S/C18H15N3O3S2/c1-21-12-16(11-17(21)18(19)22)26(23,24)20-14-5-2-4-13(10-14)7-8-15-6-3-9-25-15/h2-6,9-12,20H,1H3,(H2,19,22). The summed E-state index contributed by atoms with van der Waals surface area (Å²) in [7, 11) is -2.29. The van der Waals surface area contributed by atoms with E-state index in [1.807, 2.05) is 17.5 Å². The molecule has 0 saturated heterocycles. The number of hydrogen-bond donors (Lipinski definition) is 2. The van der Waals surface area contributed by atoms with Crippen LogP contribution in [0.4, 0.5) is 5.69 Å². The largest absolute Gasteiger partial charge is 0.364 e. The number of sulfonamides is 1. The molecule has 3 rings (SSSR count). The minimum absolute atomic E-state index is 0.0381. The Morgan fingerprint density at radius 2 is 2.00 bits per heavy atom. The number of nitrogens with two attached hydrogens (primary N) is 1. The molecule has 0 aliphatic rings. The van der Waals surface area contributed by atoms with Crippen LogP contribution in [-0.2, 0) is 17.1 Å². The third-order valence-corrected chi connectivity index (χ3v) is 5.64. The van der Waals surface area contributed by atoms with Gasteiger partial charge in [-0.05, 0) is 35.7 Å². The molecule has 0 unspecified atom stereocenters. The number of nitrogens with zero attached hydrogens (tertiary/aromatic N) is 1. The van der Waals surface area contributed by atoms with Gasteiger partial charge in [-0.15, -0.1) is 11.3 Å². The lowest BCUT2D eigenvalue weighted by atomic mass is 10.2. The van der Waals surface area contributed by atoms with Gasteiger partial charge < -0.3 is 10.3 Å². The lowest BCUT2D eigenvalue weighted by molar-refractivity contribution is 0.0992. The normalized spacial score (nSPS) is 10.8. The summed E-state index contributed by atoms with van der Waals surface area (Å²) in [6, 6.07) is 11.9. The minimum atomic E-state index is -3.85. The zero-order valence-electron chi connectivity index (χ0n) is 13.8. The highest BCUT2D eigenvalue weighted by Gasteiger charge is 2.19. The van der Waals surface area contributed by atoms with E-state index in [2.05, 4.69) is 16.6 Å². The van der Waals surface area contributed by atoms with Crippen molar-refractivity contribution in [3.63, 3.8) is 0 Å². The molecule has 1 aromatic carbocycles. The van der Waals surface area contributed by atoms with Crippen LogP contribution in [0.15, 0.2) is 58.9 Å². The summed E-state index contributed by atoms with van der Waals surface area (Å²) in [5.74, 6) is 5.33. The number of rotatable bonds is 4. The van der Waals surface area contributed by atoms with E-state index in [0.717, 1.165) is 4.88 Å². The fourth-order valence-corrected chi connectivity index (χ4v) is 3.97. The first-order chi connectivity index (χ1) is 12.3. The van der Waals surface area contributed by atoms with Crippen LogP contribution in [0.3, 0.4) is 0 Å². The molecule has 8 heteroatoms. The average molecular weight is 385 g/mol. The zero-order chi connectivity index (χ0) is 18.7. The Kier molecular flexibility index (Phi) is 4.84. The zero-order valence-corrected chi connectivity index (χ0v) is 15.4. The number of hydrogen-bond acceptors (Lipinski definition) is 4. The summed E-state index contributed by atoms with van der Waals surface area (Å²) in [5, 5.41) is 1.94. The summed E-state index contributed by atoms with van der Waals surface area (Å²) in [5.41, 5.74) is 6.41. The van der Waals surface area contributed by atoms with Gasteiger partial charge in [-0.3, -0.25) is 9.52 Å². The molecule has 132 valence electrons. The first-order valence-electron chi connectivity index (χ1n) is 7.50. The number of carbonyl (C=O) groups is 1. The highest BCUT2D eigenvalue weighted by atomic mass is 32.2. The van der Waals surface area contributed by atoms with Crippen molar-refractivity contribution >= 4 is 33.0 Å². The molecule has 26 heavy (non-hydrogen) atoms. The molecule has 0 saturated carbocycles. The van der Waals surface area contributed by atoms with Crippen LogP contribution in [-0.4, -0.2) is 18.9 Å². The summed E-state index contributed by atoms with van der Waals surface area (Å²) in [4.78, 5) is 12.2. The molecule has 2 heterocycles. The second kappa shape index (κ2) is 7.07. The highest BCUT2D eigenvalue weighted by Crippen LogP contribution is 2.19. The molecule has 0 fully saturated rings. The smallest absolute Gasteiger partial charge is 0.265 e. The Morgan fingerprint density at radius 3 is 2.65 bits per heavy atom. The number of primary amides is 1. The molecule has 0 aliphatic carbocycles. The molecule has 2 aromatic heterocycles. The van der Waals surface area contributed by atoms with E-state index in [-0.39, 0.29) is 10.6 Å². The molecule has 6 nitrogen and oxygen atoms in total. The Bertz CT molecular complexity index is 1120. The number of benzene rings is 1. The Labute approximate surface area is 155 Å². The molecule has 0 radical (unpaired) electrons. The number of thiophene rings is 1. The van der Waals surface area contributed by atoms with Crippen molar-refractivity contribution in [1.82, 2.24) is 4.57 Å². The quantitative estimate of drug-likeness (QED) is 0.675. The van der Waals surface area contributed by atoms with Gasteiger partial charge >= 0.3 is 0 Å². The fraction of sp³-hybridized carbons (Fsp3) is 0.0556. The molecule has 3 N–H and O–H groups in total. The van der Waals surface area contributed by atoms with Gasteiger partial charge in [-0.1, -0.05) is 24.0 Å². The van der Waals surface area contributed by atoms with Crippen LogP contribution in [0.5, 0.6) is 0 Å². The Balaban J connectivity index is 1.85. The first-order valence-corrected chi connectivity index (χ1v) is 9.86. The number of aryl methyl sites for hydroxylation is 1. The molecule has 1 amide bonds. The molecule has 0 spiro atoms. The van der Waals surface area contributed by atoms with Crippen molar-refractivity contribution in [1.29, 1.82) is 0 Å². The number of nitrogens with one attached hydrogen (secondary N) is 1. The van der Waals surface area contributed by atoms with Gasteiger partial charge in [0.15, 0.2) is 0 Å². The van der Waals surface area contributed by atoms with Gasteiger partial charge in [0.1, 0.15) is 10.6 Å². The van der Waals surface area contributed by atoms with E-state index < -0.39 is 15.9 Å². The van der Waals surface area contributed by atoms with E-state index in [1.165, 1.54) is 28.2 Å². The van der Waals surface area contributed by atoms with Crippen molar-refractivity contribution in [2.75, 3.05) is 4.72 Å². The number of aromatic nitrogens is 1. The first kappa shape index (κ1) is 17.8. The third-order valence-electron chi connectivity index (χ3n) is 3.51. The minimum Gasteiger partial charge on any atom is -0.364 e. The maximum atomic E-state index is 12.5. The van der Waals surface area contributed by atoms with E-state index in [0.29, 0.717) is 11.3 Å². The highest BCUT2D eigenvalue weighted by molar-refractivity contribution is 7.92. The monoisotopic (exact) mass is 385 g/mol. The number of carbonyl (C=O) groups excluding carboxylic acids is 1. The second-order valence-corrected chi connectivity index (χ2v) is 8.08. The summed E-state index contributed by atoms with van der Waals surface area (Å²) in [6.07, 6.45) is 1.34. The van der Waals surface area contributed by atoms with E-state index in [9.17, 15) is 13.2 Å². The van der Waals surface area contributed by atoms with E-state index >= 15 is 0 Å². The van der Waals surface area contributed by atoms with Crippen molar-refractivity contribution in [2.45, 2.75) is 4.90 Å². The molecule has 0 aliphatic heterocycles.